The van der Waals surface area contributed by atoms with Crippen molar-refractivity contribution in [3.05, 3.63) is 53.5 Å². The number of aryl methyl sites for hydroxylation is 1. The Hall–Kier alpha value is -2.36. The molecule has 0 saturated carbocycles. The molecule has 3 aromatic rings. The summed E-state index contributed by atoms with van der Waals surface area (Å²) < 4.78 is 0. The highest BCUT2D eigenvalue weighted by Gasteiger charge is 2.18. The maximum Gasteiger partial charge on any atom is 0.156 e. The monoisotopic (exact) mass is 278 g/mol. The van der Waals surface area contributed by atoms with Gasteiger partial charge in [0.2, 0.25) is 0 Å². The smallest absolute Gasteiger partial charge is 0.156 e. The van der Waals surface area contributed by atoms with Crippen molar-refractivity contribution in [3.8, 4) is 0 Å². The summed E-state index contributed by atoms with van der Waals surface area (Å²) in [5.74, 6) is 1.87. The van der Waals surface area contributed by atoms with Crippen LogP contribution in [0.2, 0.25) is 0 Å². The van der Waals surface area contributed by atoms with Crippen LogP contribution in [-0.2, 0) is 12.8 Å². The second-order valence-electron chi connectivity index (χ2n) is 5.59. The lowest BCUT2D eigenvalue weighted by Crippen LogP contribution is -2.27. The van der Waals surface area contributed by atoms with Gasteiger partial charge in [-0.25, -0.2) is 9.97 Å². The molecule has 0 amide bonds. The summed E-state index contributed by atoms with van der Waals surface area (Å²) in [5, 5.41) is 0. The van der Waals surface area contributed by atoms with Gasteiger partial charge in [-0.2, -0.15) is 0 Å². The van der Waals surface area contributed by atoms with E-state index in [9.17, 15) is 0 Å². The molecule has 0 atom stereocenters. The Morgan fingerprint density at radius 2 is 1.71 bits per heavy atom. The lowest BCUT2D eigenvalue weighted by molar-refractivity contribution is 0.788. The summed E-state index contributed by atoms with van der Waals surface area (Å²) in [6, 6.07) is 10.8. The van der Waals surface area contributed by atoms with Crippen LogP contribution in [0.3, 0.4) is 0 Å². The topological polar surface area (TPSA) is 44.8 Å². The molecule has 21 heavy (non-hydrogen) atoms. The summed E-state index contributed by atoms with van der Waals surface area (Å²) >= 11 is 0. The lowest BCUT2D eigenvalue weighted by Gasteiger charge is -2.22. The van der Waals surface area contributed by atoms with Crippen LogP contribution in [-0.4, -0.2) is 28.0 Å². The SMILES string of the molecule is Cc1nc(N2CCc3ccccc3CC2)c2[nH]ccc2n1. The first-order chi connectivity index (χ1) is 10.3. The van der Waals surface area contributed by atoms with Crippen molar-refractivity contribution >= 4 is 16.9 Å². The third kappa shape index (κ3) is 2.17. The molecule has 0 fully saturated rings. The summed E-state index contributed by atoms with van der Waals surface area (Å²) in [7, 11) is 0. The molecule has 1 aromatic carbocycles. The van der Waals surface area contributed by atoms with Gasteiger partial charge in [-0.05, 0) is 37.0 Å². The maximum absolute atomic E-state index is 4.69. The zero-order chi connectivity index (χ0) is 14.2. The lowest BCUT2D eigenvalue weighted by atomic mass is 10.0. The normalized spacial score (nSPS) is 15.0. The average Bonchev–Trinajstić information content (AvgIpc) is 2.85. The predicted octanol–water partition coefficient (Wildman–Crippen LogP) is 2.87. The van der Waals surface area contributed by atoms with E-state index in [4.69, 9.17) is 0 Å². The highest BCUT2D eigenvalue weighted by molar-refractivity contribution is 5.86. The number of hydrogen-bond acceptors (Lipinski definition) is 3. The van der Waals surface area contributed by atoms with Gasteiger partial charge in [-0.3, -0.25) is 0 Å². The van der Waals surface area contributed by atoms with Gasteiger partial charge >= 0.3 is 0 Å². The number of nitrogens with zero attached hydrogens (tertiary/aromatic N) is 3. The largest absolute Gasteiger partial charge is 0.357 e. The third-order valence-electron chi connectivity index (χ3n) is 4.22. The Labute approximate surface area is 123 Å². The van der Waals surface area contributed by atoms with Crippen molar-refractivity contribution in [2.45, 2.75) is 19.8 Å². The Kier molecular flexibility index (Phi) is 2.88. The van der Waals surface area contributed by atoms with E-state index in [2.05, 4.69) is 44.1 Å². The molecule has 3 heterocycles. The van der Waals surface area contributed by atoms with Crippen molar-refractivity contribution in [2.24, 2.45) is 0 Å². The second kappa shape index (κ2) is 4.88. The number of hydrogen-bond donors (Lipinski definition) is 1. The maximum atomic E-state index is 4.69. The van der Waals surface area contributed by atoms with Crippen molar-refractivity contribution in [2.75, 3.05) is 18.0 Å². The number of nitrogens with one attached hydrogen (secondary N) is 1. The number of anilines is 1. The predicted molar refractivity (Wildman–Crippen MR) is 84.7 cm³/mol. The first-order valence-corrected chi connectivity index (χ1v) is 7.45. The van der Waals surface area contributed by atoms with Crippen LogP contribution >= 0.6 is 0 Å². The fourth-order valence-corrected chi connectivity index (χ4v) is 3.15. The van der Waals surface area contributed by atoms with Gasteiger partial charge in [0, 0.05) is 19.3 Å². The highest BCUT2D eigenvalue weighted by atomic mass is 15.2. The second-order valence-corrected chi connectivity index (χ2v) is 5.59. The molecule has 106 valence electrons. The van der Waals surface area contributed by atoms with Crippen molar-refractivity contribution < 1.29 is 0 Å². The highest BCUT2D eigenvalue weighted by Crippen LogP contribution is 2.25. The summed E-state index contributed by atoms with van der Waals surface area (Å²) in [6.45, 7) is 3.96. The average molecular weight is 278 g/mol. The molecule has 0 saturated heterocycles. The molecule has 4 rings (SSSR count). The van der Waals surface area contributed by atoms with Crippen LogP contribution in [0.4, 0.5) is 5.82 Å². The van der Waals surface area contributed by atoms with Crippen LogP contribution in [0.15, 0.2) is 36.5 Å². The van der Waals surface area contributed by atoms with E-state index in [1.807, 2.05) is 19.2 Å². The first-order valence-electron chi connectivity index (χ1n) is 7.45. The zero-order valence-electron chi connectivity index (χ0n) is 12.1. The van der Waals surface area contributed by atoms with Gasteiger partial charge in [-0.1, -0.05) is 24.3 Å². The van der Waals surface area contributed by atoms with Crippen molar-refractivity contribution in [3.63, 3.8) is 0 Å². The molecule has 1 N–H and O–H groups in total. The summed E-state index contributed by atoms with van der Waals surface area (Å²) in [4.78, 5) is 14.8. The number of benzene rings is 1. The molecule has 0 radical (unpaired) electrons. The van der Waals surface area contributed by atoms with Crippen LogP contribution < -0.4 is 4.90 Å². The van der Waals surface area contributed by atoms with E-state index in [0.717, 1.165) is 48.6 Å². The van der Waals surface area contributed by atoms with E-state index in [-0.39, 0.29) is 0 Å². The van der Waals surface area contributed by atoms with Crippen molar-refractivity contribution in [1.82, 2.24) is 15.0 Å². The fraction of sp³-hybridized carbons (Fsp3) is 0.294. The molecule has 0 bridgehead atoms. The Morgan fingerprint density at radius 1 is 1.00 bits per heavy atom. The Morgan fingerprint density at radius 3 is 2.43 bits per heavy atom. The van der Waals surface area contributed by atoms with E-state index in [0.29, 0.717) is 0 Å². The minimum atomic E-state index is 0.832. The van der Waals surface area contributed by atoms with Gasteiger partial charge in [0.1, 0.15) is 11.3 Å². The molecular weight excluding hydrogens is 260 g/mol. The van der Waals surface area contributed by atoms with Gasteiger partial charge < -0.3 is 9.88 Å². The van der Waals surface area contributed by atoms with E-state index in [1.54, 1.807) is 0 Å². The van der Waals surface area contributed by atoms with Crippen molar-refractivity contribution in [1.29, 1.82) is 0 Å². The molecule has 1 aliphatic rings. The number of aromatic amines is 1. The molecule has 4 nitrogen and oxygen atoms in total. The summed E-state index contributed by atoms with van der Waals surface area (Å²) in [6.07, 6.45) is 4.08. The van der Waals surface area contributed by atoms with Gasteiger partial charge in [0.05, 0.1) is 5.52 Å². The number of fused-ring (bicyclic) bond motifs is 2. The molecular formula is C17H18N4. The zero-order valence-corrected chi connectivity index (χ0v) is 12.1. The van der Waals surface area contributed by atoms with Crippen LogP contribution in [0.5, 0.6) is 0 Å². The summed E-state index contributed by atoms with van der Waals surface area (Å²) in [5.41, 5.74) is 4.98. The number of rotatable bonds is 1. The van der Waals surface area contributed by atoms with Gasteiger partial charge in [-0.15, -0.1) is 0 Å². The quantitative estimate of drug-likeness (QED) is 0.744. The molecule has 0 spiro atoms. The van der Waals surface area contributed by atoms with Crippen LogP contribution in [0.1, 0.15) is 17.0 Å². The molecule has 2 aromatic heterocycles. The molecule has 0 unspecified atom stereocenters. The van der Waals surface area contributed by atoms with Crippen LogP contribution in [0.25, 0.3) is 11.0 Å². The third-order valence-corrected chi connectivity index (χ3v) is 4.22. The first kappa shape index (κ1) is 12.4. The van der Waals surface area contributed by atoms with E-state index >= 15 is 0 Å². The number of H-pyrrole nitrogens is 1. The molecule has 4 heteroatoms. The van der Waals surface area contributed by atoms with Gasteiger partial charge in [0.15, 0.2) is 5.82 Å². The minimum Gasteiger partial charge on any atom is -0.357 e. The Bertz CT molecular complexity index is 763. The van der Waals surface area contributed by atoms with E-state index < -0.39 is 0 Å². The van der Waals surface area contributed by atoms with Crippen LogP contribution in [0, 0.1) is 6.92 Å². The number of aromatic nitrogens is 3. The van der Waals surface area contributed by atoms with E-state index in [1.165, 1.54) is 11.1 Å². The molecule has 1 aliphatic heterocycles. The minimum absolute atomic E-state index is 0.832. The standard InChI is InChI=1S/C17H18N4/c1-12-19-15-6-9-18-16(15)17(20-12)21-10-7-13-4-2-3-5-14(13)8-11-21/h2-6,9,18H,7-8,10-11H2,1H3. The molecule has 0 aliphatic carbocycles. The van der Waals surface area contributed by atoms with Gasteiger partial charge in [0.25, 0.3) is 0 Å². The fourth-order valence-electron chi connectivity index (χ4n) is 3.15. The Balaban J connectivity index is 1.72.